The van der Waals surface area contributed by atoms with Crippen molar-refractivity contribution in [2.75, 3.05) is 0 Å². The Bertz CT molecular complexity index is 232. The molecule has 0 aliphatic heterocycles. The monoisotopic (exact) mass is 296 g/mol. The molecule has 0 bridgehead atoms. The van der Waals surface area contributed by atoms with Crippen LogP contribution in [-0.2, 0) is 0 Å². The third-order valence-corrected chi connectivity index (χ3v) is 3.54. The summed E-state index contributed by atoms with van der Waals surface area (Å²) < 4.78 is 0. The second kappa shape index (κ2) is 14.3. The SMILES string of the molecule is CCCCCCCCCCCC=C(NC(C)C)NC(C)C. The Balaban J connectivity index is 3.61. The minimum atomic E-state index is 0.491. The average molecular weight is 297 g/mol. The van der Waals surface area contributed by atoms with Gasteiger partial charge in [0.05, 0.1) is 5.82 Å². The molecule has 2 N–H and O–H groups in total. The Morgan fingerprint density at radius 3 is 1.57 bits per heavy atom. The maximum atomic E-state index is 3.49. The molecule has 0 heterocycles. The van der Waals surface area contributed by atoms with Crippen molar-refractivity contribution in [1.29, 1.82) is 0 Å². The molecule has 0 radical (unpaired) electrons. The molecule has 0 rings (SSSR count). The lowest BCUT2D eigenvalue weighted by molar-refractivity contribution is 0.553. The summed E-state index contributed by atoms with van der Waals surface area (Å²) in [4.78, 5) is 0. The van der Waals surface area contributed by atoms with Gasteiger partial charge in [0.15, 0.2) is 0 Å². The van der Waals surface area contributed by atoms with Gasteiger partial charge in [-0.2, -0.15) is 0 Å². The van der Waals surface area contributed by atoms with E-state index in [4.69, 9.17) is 0 Å². The van der Waals surface area contributed by atoms with E-state index in [-0.39, 0.29) is 0 Å². The quantitative estimate of drug-likeness (QED) is 0.399. The molecule has 0 amide bonds. The highest BCUT2D eigenvalue weighted by atomic mass is 15.1. The van der Waals surface area contributed by atoms with Crippen LogP contribution in [0.5, 0.6) is 0 Å². The summed E-state index contributed by atoms with van der Waals surface area (Å²) in [7, 11) is 0. The van der Waals surface area contributed by atoms with Crippen LogP contribution in [0.3, 0.4) is 0 Å². The lowest BCUT2D eigenvalue weighted by atomic mass is 10.1. The number of hydrogen-bond donors (Lipinski definition) is 2. The van der Waals surface area contributed by atoms with Crippen LogP contribution < -0.4 is 10.6 Å². The smallest absolute Gasteiger partial charge is 0.0949 e. The summed E-state index contributed by atoms with van der Waals surface area (Å²) in [5.41, 5.74) is 0. The van der Waals surface area contributed by atoms with E-state index in [1.165, 1.54) is 70.0 Å². The molecule has 0 spiro atoms. The molecule has 2 nitrogen and oxygen atoms in total. The van der Waals surface area contributed by atoms with E-state index in [0.717, 1.165) is 0 Å². The number of rotatable bonds is 14. The molecular formula is C19H40N2. The molecule has 0 unspecified atom stereocenters. The fourth-order valence-corrected chi connectivity index (χ4v) is 2.48. The first kappa shape index (κ1) is 20.3. The van der Waals surface area contributed by atoms with E-state index in [9.17, 15) is 0 Å². The molecule has 0 aromatic rings. The van der Waals surface area contributed by atoms with Gasteiger partial charge in [-0.15, -0.1) is 0 Å². The Morgan fingerprint density at radius 1 is 0.714 bits per heavy atom. The number of nitrogens with one attached hydrogen (secondary N) is 2. The zero-order valence-electron chi connectivity index (χ0n) is 15.3. The molecule has 0 saturated heterocycles. The number of hydrogen-bond acceptors (Lipinski definition) is 2. The molecule has 0 aromatic heterocycles. The highest BCUT2D eigenvalue weighted by Crippen LogP contribution is 2.11. The van der Waals surface area contributed by atoms with Crippen molar-refractivity contribution < 1.29 is 0 Å². The summed E-state index contributed by atoms with van der Waals surface area (Å²) in [5, 5.41) is 6.98. The zero-order valence-corrected chi connectivity index (χ0v) is 15.3. The molecule has 0 aromatic carbocycles. The van der Waals surface area contributed by atoms with Crippen LogP contribution in [-0.4, -0.2) is 12.1 Å². The fourth-order valence-electron chi connectivity index (χ4n) is 2.48. The van der Waals surface area contributed by atoms with Gasteiger partial charge in [-0.3, -0.25) is 0 Å². The topological polar surface area (TPSA) is 24.1 Å². The molecule has 0 aliphatic rings. The van der Waals surface area contributed by atoms with Crippen LogP contribution in [0.25, 0.3) is 0 Å². The fraction of sp³-hybridized carbons (Fsp3) is 0.895. The van der Waals surface area contributed by atoms with E-state index in [0.29, 0.717) is 12.1 Å². The normalized spacial score (nSPS) is 11.0. The van der Waals surface area contributed by atoms with Gasteiger partial charge in [0.1, 0.15) is 0 Å². The minimum Gasteiger partial charge on any atom is -0.370 e. The van der Waals surface area contributed by atoms with Crippen molar-refractivity contribution in [3.05, 3.63) is 11.9 Å². The first-order valence-electron chi connectivity index (χ1n) is 9.29. The number of unbranched alkanes of at least 4 members (excludes halogenated alkanes) is 9. The second-order valence-corrected chi connectivity index (χ2v) is 6.83. The van der Waals surface area contributed by atoms with Crippen LogP contribution >= 0.6 is 0 Å². The molecule has 0 saturated carbocycles. The lowest BCUT2D eigenvalue weighted by Crippen LogP contribution is -2.34. The molecule has 0 fully saturated rings. The molecule has 0 aliphatic carbocycles. The van der Waals surface area contributed by atoms with Crippen molar-refractivity contribution in [3.63, 3.8) is 0 Å². The van der Waals surface area contributed by atoms with Crippen LogP contribution in [0.15, 0.2) is 11.9 Å². The van der Waals surface area contributed by atoms with Gasteiger partial charge in [-0.25, -0.2) is 0 Å². The van der Waals surface area contributed by atoms with E-state index in [1.807, 2.05) is 0 Å². The third kappa shape index (κ3) is 15.5. The first-order chi connectivity index (χ1) is 10.1. The molecule has 126 valence electrons. The molecular weight excluding hydrogens is 256 g/mol. The average Bonchev–Trinajstić information content (AvgIpc) is 2.39. The van der Waals surface area contributed by atoms with Crippen molar-refractivity contribution in [3.8, 4) is 0 Å². The Labute approximate surface area is 134 Å². The maximum Gasteiger partial charge on any atom is 0.0949 e. The lowest BCUT2D eigenvalue weighted by Gasteiger charge is -2.19. The molecule has 21 heavy (non-hydrogen) atoms. The maximum absolute atomic E-state index is 3.49. The Kier molecular flexibility index (Phi) is 13.8. The first-order valence-corrected chi connectivity index (χ1v) is 9.29. The summed E-state index contributed by atoms with van der Waals surface area (Å²) >= 11 is 0. The van der Waals surface area contributed by atoms with Gasteiger partial charge in [0.25, 0.3) is 0 Å². The van der Waals surface area contributed by atoms with Crippen molar-refractivity contribution in [1.82, 2.24) is 10.6 Å². The standard InChI is InChI=1S/C19H40N2/c1-6-7-8-9-10-11-12-13-14-15-16-19(20-17(2)3)21-18(4)5/h16-18,20-21H,6-15H2,1-5H3. The minimum absolute atomic E-state index is 0.491. The van der Waals surface area contributed by atoms with Gasteiger partial charge in [-0.05, 0) is 46.6 Å². The molecule has 0 atom stereocenters. The van der Waals surface area contributed by atoms with E-state index in [1.54, 1.807) is 0 Å². The zero-order chi connectivity index (χ0) is 15.9. The van der Waals surface area contributed by atoms with Gasteiger partial charge in [0.2, 0.25) is 0 Å². The highest BCUT2D eigenvalue weighted by Gasteiger charge is 2.00. The van der Waals surface area contributed by atoms with Crippen LogP contribution in [0.1, 0.15) is 98.8 Å². The van der Waals surface area contributed by atoms with E-state index >= 15 is 0 Å². The van der Waals surface area contributed by atoms with Crippen molar-refractivity contribution in [2.24, 2.45) is 0 Å². The van der Waals surface area contributed by atoms with Crippen molar-refractivity contribution >= 4 is 0 Å². The predicted molar refractivity (Wildman–Crippen MR) is 96.5 cm³/mol. The summed E-state index contributed by atoms with van der Waals surface area (Å²) in [6.07, 6.45) is 16.1. The largest absolute Gasteiger partial charge is 0.370 e. The Morgan fingerprint density at radius 2 is 1.14 bits per heavy atom. The van der Waals surface area contributed by atoms with Gasteiger partial charge < -0.3 is 10.6 Å². The van der Waals surface area contributed by atoms with E-state index < -0.39 is 0 Å². The van der Waals surface area contributed by atoms with E-state index in [2.05, 4.69) is 51.3 Å². The van der Waals surface area contributed by atoms with Gasteiger partial charge >= 0.3 is 0 Å². The second-order valence-electron chi connectivity index (χ2n) is 6.83. The van der Waals surface area contributed by atoms with Gasteiger partial charge in [-0.1, -0.05) is 58.3 Å². The van der Waals surface area contributed by atoms with Crippen molar-refractivity contribution in [2.45, 2.75) is 111 Å². The number of allylic oxidation sites excluding steroid dienone is 1. The summed E-state index contributed by atoms with van der Waals surface area (Å²) in [6, 6.07) is 0.983. The summed E-state index contributed by atoms with van der Waals surface area (Å²) in [5.74, 6) is 1.21. The van der Waals surface area contributed by atoms with Crippen LogP contribution in [0, 0.1) is 0 Å². The molecule has 2 heteroatoms. The predicted octanol–water partition coefficient (Wildman–Crippen LogP) is 5.74. The third-order valence-electron chi connectivity index (χ3n) is 3.54. The van der Waals surface area contributed by atoms with Crippen LogP contribution in [0.2, 0.25) is 0 Å². The Hall–Kier alpha value is -0.660. The highest BCUT2D eigenvalue weighted by molar-refractivity contribution is 4.99. The van der Waals surface area contributed by atoms with Gasteiger partial charge in [0, 0.05) is 12.1 Å². The van der Waals surface area contributed by atoms with Crippen LogP contribution in [0.4, 0.5) is 0 Å². The summed E-state index contributed by atoms with van der Waals surface area (Å²) in [6.45, 7) is 11.0.